The Hall–Kier alpha value is -0.320. The third kappa shape index (κ3) is 4.11. The molecule has 0 amide bonds. The van der Waals surface area contributed by atoms with E-state index < -0.39 is 0 Å². The van der Waals surface area contributed by atoms with E-state index in [0.29, 0.717) is 6.04 Å². The van der Waals surface area contributed by atoms with E-state index in [2.05, 4.69) is 40.0 Å². The molecule has 1 aromatic heterocycles. The zero-order valence-electron chi connectivity index (χ0n) is 11.3. The second kappa shape index (κ2) is 6.73. The SMILES string of the molecule is CC(CN1CCCCC1)NC(C)c1ccc(Br)o1. The summed E-state index contributed by atoms with van der Waals surface area (Å²) in [7, 11) is 0. The van der Waals surface area contributed by atoms with Crippen molar-refractivity contribution in [1.82, 2.24) is 10.2 Å². The van der Waals surface area contributed by atoms with Gasteiger partial charge in [-0.25, -0.2) is 0 Å². The summed E-state index contributed by atoms with van der Waals surface area (Å²) < 4.78 is 6.38. The molecular weight excluding hydrogens is 292 g/mol. The van der Waals surface area contributed by atoms with Gasteiger partial charge in [-0.15, -0.1) is 0 Å². The number of nitrogens with one attached hydrogen (secondary N) is 1. The van der Waals surface area contributed by atoms with Crippen molar-refractivity contribution in [3.8, 4) is 0 Å². The van der Waals surface area contributed by atoms with Crippen LogP contribution in [0.15, 0.2) is 21.2 Å². The van der Waals surface area contributed by atoms with E-state index in [1.165, 1.54) is 32.4 Å². The summed E-state index contributed by atoms with van der Waals surface area (Å²) in [6.07, 6.45) is 4.11. The lowest BCUT2D eigenvalue weighted by atomic mass is 10.1. The molecule has 1 saturated heterocycles. The van der Waals surface area contributed by atoms with E-state index in [9.17, 15) is 0 Å². The zero-order valence-corrected chi connectivity index (χ0v) is 12.9. The van der Waals surface area contributed by atoms with E-state index in [4.69, 9.17) is 4.42 Å². The zero-order chi connectivity index (χ0) is 13.0. The van der Waals surface area contributed by atoms with Crippen molar-refractivity contribution >= 4 is 15.9 Å². The molecule has 2 heterocycles. The number of hydrogen-bond acceptors (Lipinski definition) is 3. The Morgan fingerprint density at radius 2 is 2.00 bits per heavy atom. The van der Waals surface area contributed by atoms with Gasteiger partial charge < -0.3 is 14.6 Å². The van der Waals surface area contributed by atoms with E-state index >= 15 is 0 Å². The highest BCUT2D eigenvalue weighted by Crippen LogP contribution is 2.20. The molecule has 1 fully saturated rings. The van der Waals surface area contributed by atoms with Crippen molar-refractivity contribution in [1.29, 1.82) is 0 Å². The van der Waals surface area contributed by atoms with E-state index in [-0.39, 0.29) is 6.04 Å². The summed E-state index contributed by atoms with van der Waals surface area (Å²) >= 11 is 3.34. The second-order valence-electron chi connectivity index (χ2n) is 5.29. The first-order valence-corrected chi connectivity index (χ1v) is 7.68. The standard InChI is InChI=1S/C14H23BrN2O/c1-11(10-17-8-4-3-5-9-17)16-12(2)13-6-7-14(15)18-13/h6-7,11-12,16H,3-5,8-10H2,1-2H3. The van der Waals surface area contributed by atoms with Gasteiger partial charge >= 0.3 is 0 Å². The maximum absolute atomic E-state index is 5.58. The Morgan fingerprint density at radius 3 is 2.61 bits per heavy atom. The molecule has 102 valence electrons. The monoisotopic (exact) mass is 314 g/mol. The fourth-order valence-corrected chi connectivity index (χ4v) is 2.97. The summed E-state index contributed by atoms with van der Waals surface area (Å²) in [4.78, 5) is 2.56. The predicted octanol–water partition coefficient (Wildman–Crippen LogP) is 3.57. The molecule has 0 saturated carbocycles. The van der Waals surface area contributed by atoms with E-state index in [1.54, 1.807) is 0 Å². The van der Waals surface area contributed by atoms with Gasteiger partial charge in [-0.1, -0.05) is 6.42 Å². The molecule has 1 aliphatic rings. The smallest absolute Gasteiger partial charge is 0.169 e. The van der Waals surface area contributed by atoms with Gasteiger partial charge in [0, 0.05) is 12.6 Å². The first-order chi connectivity index (χ1) is 8.65. The fourth-order valence-electron chi connectivity index (χ4n) is 2.65. The molecule has 2 atom stereocenters. The van der Waals surface area contributed by atoms with E-state index in [1.807, 2.05) is 12.1 Å². The number of hydrogen-bond donors (Lipinski definition) is 1. The van der Waals surface area contributed by atoms with Crippen LogP contribution >= 0.6 is 15.9 Å². The first kappa shape index (κ1) is 14.1. The third-order valence-corrected chi connectivity index (χ3v) is 3.96. The molecule has 0 spiro atoms. The third-order valence-electron chi connectivity index (χ3n) is 3.54. The molecule has 1 N–H and O–H groups in total. The minimum atomic E-state index is 0.260. The fraction of sp³-hybridized carbons (Fsp3) is 0.714. The van der Waals surface area contributed by atoms with Gasteiger partial charge in [-0.3, -0.25) is 0 Å². The average molecular weight is 315 g/mol. The van der Waals surface area contributed by atoms with Crippen LogP contribution in [0.4, 0.5) is 0 Å². The van der Waals surface area contributed by atoms with Crippen molar-refractivity contribution in [2.75, 3.05) is 19.6 Å². The Kier molecular flexibility index (Phi) is 5.27. The van der Waals surface area contributed by atoms with Crippen LogP contribution in [-0.4, -0.2) is 30.6 Å². The van der Waals surface area contributed by atoms with Gasteiger partial charge in [-0.05, 0) is 67.8 Å². The molecule has 1 aliphatic heterocycles. The van der Waals surface area contributed by atoms with Crippen molar-refractivity contribution < 1.29 is 4.42 Å². The Labute approximate surface area is 118 Å². The maximum Gasteiger partial charge on any atom is 0.169 e. The van der Waals surface area contributed by atoms with Crippen LogP contribution in [0.25, 0.3) is 0 Å². The minimum absolute atomic E-state index is 0.260. The van der Waals surface area contributed by atoms with Crippen LogP contribution < -0.4 is 5.32 Å². The Morgan fingerprint density at radius 1 is 1.28 bits per heavy atom. The highest BCUT2D eigenvalue weighted by atomic mass is 79.9. The average Bonchev–Trinajstić information content (AvgIpc) is 2.77. The van der Waals surface area contributed by atoms with Crippen LogP contribution in [0.5, 0.6) is 0 Å². The van der Waals surface area contributed by atoms with Gasteiger partial charge in [-0.2, -0.15) is 0 Å². The molecule has 0 aromatic carbocycles. The normalized spacial score (nSPS) is 20.8. The van der Waals surface area contributed by atoms with Crippen LogP contribution in [0.2, 0.25) is 0 Å². The number of likely N-dealkylation sites (tertiary alicyclic amines) is 1. The summed E-state index contributed by atoms with van der Waals surface area (Å²) in [5.74, 6) is 0.993. The summed E-state index contributed by atoms with van der Waals surface area (Å²) in [5, 5.41) is 3.60. The number of rotatable bonds is 5. The highest BCUT2D eigenvalue weighted by Gasteiger charge is 2.16. The summed E-state index contributed by atoms with van der Waals surface area (Å²) in [6.45, 7) is 8.05. The summed E-state index contributed by atoms with van der Waals surface area (Å²) in [5.41, 5.74) is 0. The molecule has 0 radical (unpaired) electrons. The van der Waals surface area contributed by atoms with Crippen LogP contribution in [0.1, 0.15) is 44.9 Å². The molecule has 3 nitrogen and oxygen atoms in total. The highest BCUT2D eigenvalue weighted by molar-refractivity contribution is 9.10. The van der Waals surface area contributed by atoms with Gasteiger partial charge in [0.1, 0.15) is 5.76 Å². The van der Waals surface area contributed by atoms with Crippen LogP contribution in [0, 0.1) is 0 Å². The maximum atomic E-state index is 5.58. The van der Waals surface area contributed by atoms with Gasteiger partial charge in [0.25, 0.3) is 0 Å². The topological polar surface area (TPSA) is 28.4 Å². The Balaban J connectivity index is 1.77. The number of piperidine rings is 1. The first-order valence-electron chi connectivity index (χ1n) is 6.89. The minimum Gasteiger partial charge on any atom is -0.453 e. The number of nitrogens with zero attached hydrogens (tertiary/aromatic N) is 1. The Bertz CT molecular complexity index is 360. The van der Waals surface area contributed by atoms with Crippen molar-refractivity contribution in [3.05, 3.63) is 22.6 Å². The molecule has 2 rings (SSSR count). The lowest BCUT2D eigenvalue weighted by molar-refractivity contribution is 0.203. The van der Waals surface area contributed by atoms with Gasteiger partial charge in [0.05, 0.1) is 6.04 Å². The summed E-state index contributed by atoms with van der Waals surface area (Å²) in [6, 6.07) is 4.72. The van der Waals surface area contributed by atoms with E-state index in [0.717, 1.165) is 17.0 Å². The molecular formula is C14H23BrN2O. The van der Waals surface area contributed by atoms with Crippen molar-refractivity contribution in [2.24, 2.45) is 0 Å². The number of halogens is 1. The molecule has 1 aromatic rings. The lowest BCUT2D eigenvalue weighted by Crippen LogP contribution is -2.42. The quantitative estimate of drug-likeness (QED) is 0.900. The van der Waals surface area contributed by atoms with Crippen molar-refractivity contribution in [2.45, 2.75) is 45.2 Å². The molecule has 0 bridgehead atoms. The van der Waals surface area contributed by atoms with Crippen LogP contribution in [0.3, 0.4) is 0 Å². The predicted molar refractivity (Wildman–Crippen MR) is 77.7 cm³/mol. The van der Waals surface area contributed by atoms with Gasteiger partial charge in [0.15, 0.2) is 4.67 Å². The van der Waals surface area contributed by atoms with Crippen LogP contribution in [-0.2, 0) is 0 Å². The molecule has 0 aliphatic carbocycles. The molecule has 4 heteroatoms. The molecule has 18 heavy (non-hydrogen) atoms. The molecule has 2 unspecified atom stereocenters. The van der Waals surface area contributed by atoms with Gasteiger partial charge in [0.2, 0.25) is 0 Å². The lowest BCUT2D eigenvalue weighted by Gasteiger charge is -2.30. The second-order valence-corrected chi connectivity index (χ2v) is 6.07. The number of furan rings is 1. The largest absolute Gasteiger partial charge is 0.453 e. The van der Waals surface area contributed by atoms with Crippen molar-refractivity contribution in [3.63, 3.8) is 0 Å².